The highest BCUT2D eigenvalue weighted by Gasteiger charge is 2.19. The van der Waals surface area contributed by atoms with Gasteiger partial charge in [0, 0.05) is 14.2 Å². The molecule has 1 aromatic rings. The first-order valence-corrected chi connectivity index (χ1v) is 5.57. The third kappa shape index (κ3) is 3.52. The number of nitrogens with zero attached hydrogens (tertiary/aromatic N) is 3. The van der Waals surface area contributed by atoms with E-state index in [0.29, 0.717) is 12.6 Å². The molecule has 1 heterocycles. The van der Waals surface area contributed by atoms with Crippen LogP contribution < -0.4 is 10.6 Å². The monoisotopic (exact) mass is 255 g/mol. The van der Waals surface area contributed by atoms with E-state index in [2.05, 4.69) is 20.6 Å². The minimum atomic E-state index is -0.513. The summed E-state index contributed by atoms with van der Waals surface area (Å²) in [7, 11) is 3.23. The van der Waals surface area contributed by atoms with Crippen LogP contribution in [-0.4, -0.2) is 41.7 Å². The quantitative estimate of drug-likeness (QED) is 0.558. The molecule has 0 amide bonds. The van der Waals surface area contributed by atoms with E-state index >= 15 is 0 Å². The van der Waals surface area contributed by atoms with Crippen LogP contribution in [0.25, 0.3) is 0 Å². The zero-order valence-electron chi connectivity index (χ0n) is 10.6. The first-order chi connectivity index (χ1) is 8.62. The van der Waals surface area contributed by atoms with Crippen LogP contribution in [0.3, 0.4) is 0 Å². The van der Waals surface area contributed by atoms with Crippen molar-refractivity contribution in [3.8, 4) is 0 Å². The molecular weight excluding hydrogens is 238 g/mol. The van der Waals surface area contributed by atoms with Crippen LogP contribution in [0.4, 0.5) is 17.5 Å². The van der Waals surface area contributed by atoms with Crippen molar-refractivity contribution < 1.29 is 9.66 Å². The Hall–Kier alpha value is -1.96. The van der Waals surface area contributed by atoms with E-state index in [1.165, 1.54) is 6.20 Å². The lowest BCUT2D eigenvalue weighted by Crippen LogP contribution is -2.25. The highest BCUT2D eigenvalue weighted by atomic mass is 16.6. The van der Waals surface area contributed by atoms with Crippen LogP contribution in [0.2, 0.25) is 0 Å². The van der Waals surface area contributed by atoms with Crippen molar-refractivity contribution in [2.75, 3.05) is 31.4 Å². The second kappa shape index (κ2) is 6.70. The SMILES string of the molecule is CCC(COC)Nc1nc(NC)ncc1[N+](=O)[O-]. The molecule has 100 valence electrons. The zero-order chi connectivity index (χ0) is 13.5. The van der Waals surface area contributed by atoms with Gasteiger partial charge in [-0.1, -0.05) is 6.92 Å². The molecule has 2 N–H and O–H groups in total. The Morgan fingerprint density at radius 2 is 2.33 bits per heavy atom. The van der Waals surface area contributed by atoms with Crippen LogP contribution in [0, 0.1) is 10.1 Å². The van der Waals surface area contributed by atoms with Crippen molar-refractivity contribution in [3.05, 3.63) is 16.3 Å². The van der Waals surface area contributed by atoms with Gasteiger partial charge in [0.15, 0.2) is 0 Å². The van der Waals surface area contributed by atoms with Crippen molar-refractivity contribution >= 4 is 17.5 Å². The van der Waals surface area contributed by atoms with Crippen LogP contribution >= 0.6 is 0 Å². The number of hydrogen-bond acceptors (Lipinski definition) is 7. The Kier molecular flexibility index (Phi) is 5.25. The fourth-order valence-electron chi connectivity index (χ4n) is 1.39. The molecule has 0 aliphatic rings. The van der Waals surface area contributed by atoms with E-state index < -0.39 is 4.92 Å². The van der Waals surface area contributed by atoms with Crippen molar-refractivity contribution in [2.24, 2.45) is 0 Å². The number of methoxy groups -OCH3 is 1. The summed E-state index contributed by atoms with van der Waals surface area (Å²) >= 11 is 0. The van der Waals surface area contributed by atoms with Gasteiger partial charge in [-0.2, -0.15) is 4.98 Å². The molecule has 1 atom stereocenters. The summed E-state index contributed by atoms with van der Waals surface area (Å²) in [6, 6.07) is -0.0340. The number of hydrogen-bond donors (Lipinski definition) is 2. The predicted octanol–water partition coefficient (Wildman–Crippen LogP) is 1.26. The molecule has 0 aromatic carbocycles. The molecule has 0 aliphatic heterocycles. The normalized spacial score (nSPS) is 11.9. The first kappa shape index (κ1) is 14.1. The predicted molar refractivity (Wildman–Crippen MR) is 67.8 cm³/mol. The smallest absolute Gasteiger partial charge is 0.329 e. The Balaban J connectivity index is 2.99. The number of nitro groups is 1. The van der Waals surface area contributed by atoms with Crippen molar-refractivity contribution in [2.45, 2.75) is 19.4 Å². The van der Waals surface area contributed by atoms with Crippen molar-refractivity contribution in [1.29, 1.82) is 0 Å². The Labute approximate surface area is 105 Å². The summed E-state index contributed by atoms with van der Waals surface area (Å²) in [4.78, 5) is 18.2. The zero-order valence-corrected chi connectivity index (χ0v) is 10.6. The average Bonchev–Trinajstić information content (AvgIpc) is 2.37. The largest absolute Gasteiger partial charge is 0.383 e. The molecule has 0 aliphatic carbocycles. The number of ether oxygens (including phenoxy) is 1. The first-order valence-electron chi connectivity index (χ1n) is 5.57. The van der Waals surface area contributed by atoms with Gasteiger partial charge in [-0.15, -0.1) is 0 Å². The molecule has 0 spiro atoms. The van der Waals surface area contributed by atoms with Gasteiger partial charge in [-0.3, -0.25) is 10.1 Å². The maximum absolute atomic E-state index is 10.9. The fraction of sp³-hybridized carbons (Fsp3) is 0.600. The molecule has 1 unspecified atom stereocenters. The van der Waals surface area contributed by atoms with Gasteiger partial charge in [0.2, 0.25) is 11.8 Å². The molecule has 18 heavy (non-hydrogen) atoms. The minimum absolute atomic E-state index is 0.0340. The van der Waals surface area contributed by atoms with Gasteiger partial charge in [-0.05, 0) is 6.42 Å². The van der Waals surface area contributed by atoms with Gasteiger partial charge in [-0.25, -0.2) is 4.98 Å². The minimum Gasteiger partial charge on any atom is -0.383 e. The lowest BCUT2D eigenvalue weighted by molar-refractivity contribution is -0.384. The molecule has 8 nitrogen and oxygen atoms in total. The molecule has 0 saturated carbocycles. The Bertz CT molecular complexity index is 412. The van der Waals surface area contributed by atoms with E-state index in [4.69, 9.17) is 4.74 Å². The third-order valence-electron chi connectivity index (χ3n) is 2.39. The average molecular weight is 255 g/mol. The summed E-state index contributed by atoms with van der Waals surface area (Å²) in [5, 5.41) is 16.6. The Morgan fingerprint density at radius 1 is 1.61 bits per heavy atom. The number of anilines is 2. The van der Waals surface area contributed by atoms with Gasteiger partial charge in [0.1, 0.15) is 6.20 Å². The second-order valence-corrected chi connectivity index (χ2v) is 3.64. The molecule has 8 heteroatoms. The lowest BCUT2D eigenvalue weighted by Gasteiger charge is -2.16. The molecule has 1 aromatic heterocycles. The summed E-state index contributed by atoms with van der Waals surface area (Å²) < 4.78 is 5.03. The van der Waals surface area contributed by atoms with Crippen LogP contribution in [0.15, 0.2) is 6.20 Å². The maximum atomic E-state index is 10.9. The standard InChI is InChI=1S/C10H17N5O3/c1-4-7(6-18-3)13-9-8(15(16)17)5-12-10(11-2)14-9/h5,7H,4,6H2,1-3H3,(H2,11,12,13,14). The van der Waals surface area contributed by atoms with E-state index in [1.54, 1.807) is 14.2 Å². The number of nitrogens with one attached hydrogen (secondary N) is 2. The molecule has 0 bridgehead atoms. The van der Waals surface area contributed by atoms with Crippen LogP contribution in [0.5, 0.6) is 0 Å². The second-order valence-electron chi connectivity index (χ2n) is 3.64. The summed E-state index contributed by atoms with van der Waals surface area (Å²) in [5.41, 5.74) is -0.149. The highest BCUT2D eigenvalue weighted by molar-refractivity contribution is 5.57. The summed E-state index contributed by atoms with van der Waals surface area (Å²) in [6.45, 7) is 2.41. The number of aromatic nitrogens is 2. The third-order valence-corrected chi connectivity index (χ3v) is 2.39. The highest BCUT2D eigenvalue weighted by Crippen LogP contribution is 2.23. The van der Waals surface area contributed by atoms with E-state index in [-0.39, 0.29) is 17.5 Å². The molecule has 1 rings (SSSR count). The summed E-state index contributed by atoms with van der Waals surface area (Å²) in [5.74, 6) is 0.526. The lowest BCUT2D eigenvalue weighted by atomic mass is 10.2. The van der Waals surface area contributed by atoms with Gasteiger partial charge < -0.3 is 15.4 Å². The molecule has 0 fully saturated rings. The Morgan fingerprint density at radius 3 is 2.83 bits per heavy atom. The van der Waals surface area contributed by atoms with E-state index in [1.807, 2.05) is 6.92 Å². The van der Waals surface area contributed by atoms with E-state index in [0.717, 1.165) is 6.42 Å². The van der Waals surface area contributed by atoms with Gasteiger partial charge >= 0.3 is 5.69 Å². The molecule has 0 saturated heterocycles. The van der Waals surface area contributed by atoms with E-state index in [9.17, 15) is 10.1 Å². The topological polar surface area (TPSA) is 102 Å². The van der Waals surface area contributed by atoms with Crippen molar-refractivity contribution in [1.82, 2.24) is 9.97 Å². The van der Waals surface area contributed by atoms with Crippen molar-refractivity contribution in [3.63, 3.8) is 0 Å². The number of rotatable bonds is 7. The van der Waals surface area contributed by atoms with Crippen LogP contribution in [0.1, 0.15) is 13.3 Å². The van der Waals surface area contributed by atoms with Gasteiger partial charge in [0.25, 0.3) is 0 Å². The summed E-state index contributed by atoms with van der Waals surface area (Å²) in [6.07, 6.45) is 1.95. The maximum Gasteiger partial charge on any atom is 0.329 e. The molecule has 0 radical (unpaired) electrons. The van der Waals surface area contributed by atoms with Crippen LogP contribution in [-0.2, 0) is 4.74 Å². The van der Waals surface area contributed by atoms with Gasteiger partial charge in [0.05, 0.1) is 17.6 Å². The fourth-order valence-corrected chi connectivity index (χ4v) is 1.39. The molecular formula is C10H17N5O3.